The Labute approximate surface area is 177 Å². The molecular formula is C21H21N3O5S. The number of nitrogens with zero attached hydrogens (tertiary/aromatic N) is 2. The summed E-state index contributed by atoms with van der Waals surface area (Å²) in [6.07, 6.45) is 5.07. The van der Waals surface area contributed by atoms with Crippen molar-refractivity contribution in [2.75, 3.05) is 23.4 Å². The summed E-state index contributed by atoms with van der Waals surface area (Å²) >= 11 is 1.87. The van der Waals surface area contributed by atoms with E-state index in [0.29, 0.717) is 16.7 Å². The normalized spacial score (nSPS) is 16.1. The first-order valence-corrected chi connectivity index (χ1v) is 10.7. The lowest BCUT2D eigenvalue weighted by atomic mass is 10.2. The second kappa shape index (κ2) is 8.74. The molecule has 1 N–H and O–H groups in total. The second-order valence-corrected chi connectivity index (χ2v) is 8.65. The third-order valence-corrected chi connectivity index (χ3v) is 6.49. The first-order chi connectivity index (χ1) is 14.5. The lowest BCUT2D eigenvalue weighted by molar-refractivity contribution is -0.384. The molecule has 2 aromatic rings. The molecule has 1 heterocycles. The molecule has 8 nitrogen and oxygen atoms in total. The molecule has 0 radical (unpaired) electrons. The van der Waals surface area contributed by atoms with Crippen molar-refractivity contribution in [3.05, 3.63) is 52.6 Å². The zero-order valence-electron chi connectivity index (χ0n) is 16.2. The number of nitro benzene ring substituents is 1. The number of ether oxygens (including phenoxy) is 1. The van der Waals surface area contributed by atoms with E-state index < -0.39 is 10.8 Å². The SMILES string of the molecule is O=C(CN1C(=O)COc2ccc([N+](=O)[O-])cc21)Nc1ccc(SC2CCCC2)cc1. The number of nitro groups is 1. The first-order valence-electron chi connectivity index (χ1n) is 9.78. The van der Waals surface area contributed by atoms with Crippen LogP contribution < -0.4 is 15.0 Å². The van der Waals surface area contributed by atoms with Crippen LogP contribution in [0.1, 0.15) is 25.7 Å². The molecule has 0 atom stereocenters. The minimum absolute atomic E-state index is 0.173. The lowest BCUT2D eigenvalue weighted by Gasteiger charge is -2.28. The third kappa shape index (κ3) is 4.56. The Morgan fingerprint density at radius 3 is 2.63 bits per heavy atom. The van der Waals surface area contributed by atoms with E-state index in [-0.39, 0.29) is 30.4 Å². The quantitative estimate of drug-likeness (QED) is 0.552. The highest BCUT2D eigenvalue weighted by atomic mass is 32.2. The first kappa shape index (κ1) is 20.2. The average Bonchev–Trinajstić information content (AvgIpc) is 3.24. The zero-order chi connectivity index (χ0) is 21.1. The molecule has 2 aliphatic rings. The number of hydrogen-bond acceptors (Lipinski definition) is 6. The summed E-state index contributed by atoms with van der Waals surface area (Å²) in [4.78, 5) is 37.7. The average molecular weight is 427 g/mol. The van der Waals surface area contributed by atoms with Gasteiger partial charge in [0.15, 0.2) is 6.61 Å². The van der Waals surface area contributed by atoms with Crippen molar-refractivity contribution in [3.63, 3.8) is 0 Å². The van der Waals surface area contributed by atoms with E-state index in [0.717, 1.165) is 0 Å². The summed E-state index contributed by atoms with van der Waals surface area (Å²) in [5.74, 6) is -0.485. The third-order valence-electron chi connectivity index (χ3n) is 5.14. The largest absolute Gasteiger partial charge is 0.482 e. The fourth-order valence-electron chi connectivity index (χ4n) is 3.64. The molecule has 1 aliphatic carbocycles. The zero-order valence-corrected chi connectivity index (χ0v) is 17.0. The van der Waals surface area contributed by atoms with Gasteiger partial charge >= 0.3 is 0 Å². The molecule has 0 aromatic heterocycles. The molecule has 156 valence electrons. The second-order valence-electron chi connectivity index (χ2n) is 7.27. The van der Waals surface area contributed by atoms with Crippen molar-refractivity contribution in [1.82, 2.24) is 0 Å². The van der Waals surface area contributed by atoms with Crippen molar-refractivity contribution < 1.29 is 19.2 Å². The highest BCUT2D eigenvalue weighted by Crippen LogP contribution is 2.36. The van der Waals surface area contributed by atoms with Crippen LogP contribution in [0.2, 0.25) is 0 Å². The van der Waals surface area contributed by atoms with Gasteiger partial charge in [0.25, 0.3) is 11.6 Å². The molecular weight excluding hydrogens is 406 g/mol. The number of amides is 2. The van der Waals surface area contributed by atoms with E-state index in [1.54, 1.807) is 0 Å². The van der Waals surface area contributed by atoms with Crippen LogP contribution in [-0.2, 0) is 9.59 Å². The molecule has 1 fully saturated rings. The Kier molecular flexibility index (Phi) is 5.89. The Hall–Kier alpha value is -3.07. The molecule has 2 amide bonds. The van der Waals surface area contributed by atoms with Crippen molar-refractivity contribution in [2.45, 2.75) is 35.8 Å². The molecule has 9 heteroatoms. The van der Waals surface area contributed by atoms with Crippen LogP contribution in [0.4, 0.5) is 17.1 Å². The van der Waals surface area contributed by atoms with E-state index in [9.17, 15) is 19.7 Å². The van der Waals surface area contributed by atoms with Crippen LogP contribution in [0.5, 0.6) is 5.75 Å². The van der Waals surface area contributed by atoms with Gasteiger partial charge < -0.3 is 10.1 Å². The summed E-state index contributed by atoms with van der Waals surface area (Å²) in [6.45, 7) is -0.472. The highest BCUT2D eigenvalue weighted by molar-refractivity contribution is 8.00. The number of benzene rings is 2. The fraction of sp³-hybridized carbons (Fsp3) is 0.333. The maximum Gasteiger partial charge on any atom is 0.271 e. The number of fused-ring (bicyclic) bond motifs is 1. The number of thioether (sulfide) groups is 1. The Bertz CT molecular complexity index is 973. The number of carbonyl (C=O) groups is 2. The summed E-state index contributed by atoms with van der Waals surface area (Å²) in [5.41, 5.74) is 0.683. The molecule has 1 aliphatic heterocycles. The maximum atomic E-state index is 12.5. The van der Waals surface area contributed by atoms with E-state index >= 15 is 0 Å². The van der Waals surface area contributed by atoms with Gasteiger partial charge in [-0.15, -0.1) is 11.8 Å². The lowest BCUT2D eigenvalue weighted by Crippen LogP contribution is -2.43. The number of hydrogen-bond donors (Lipinski definition) is 1. The van der Waals surface area contributed by atoms with Gasteiger partial charge in [-0.25, -0.2) is 0 Å². The molecule has 2 aromatic carbocycles. The van der Waals surface area contributed by atoms with Crippen LogP contribution in [0.15, 0.2) is 47.4 Å². The maximum absolute atomic E-state index is 12.5. The van der Waals surface area contributed by atoms with Gasteiger partial charge in [0.05, 0.1) is 10.6 Å². The Balaban J connectivity index is 1.42. The molecule has 30 heavy (non-hydrogen) atoms. The van der Waals surface area contributed by atoms with Gasteiger partial charge in [-0.3, -0.25) is 24.6 Å². The van der Waals surface area contributed by atoms with Gasteiger partial charge in [-0.05, 0) is 43.2 Å². The number of anilines is 2. The minimum atomic E-state index is -0.553. The van der Waals surface area contributed by atoms with Gasteiger partial charge in [-0.1, -0.05) is 12.8 Å². The van der Waals surface area contributed by atoms with Crippen LogP contribution in [0, 0.1) is 10.1 Å². The van der Waals surface area contributed by atoms with Crippen LogP contribution in [0.3, 0.4) is 0 Å². The molecule has 4 rings (SSSR count). The predicted molar refractivity (Wildman–Crippen MR) is 114 cm³/mol. The monoisotopic (exact) mass is 427 g/mol. The Morgan fingerprint density at radius 1 is 1.20 bits per heavy atom. The van der Waals surface area contributed by atoms with Gasteiger partial charge in [0.1, 0.15) is 12.3 Å². The van der Waals surface area contributed by atoms with Crippen LogP contribution >= 0.6 is 11.8 Å². The van der Waals surface area contributed by atoms with Crippen LogP contribution in [0.25, 0.3) is 0 Å². The van der Waals surface area contributed by atoms with Crippen LogP contribution in [-0.4, -0.2) is 35.1 Å². The van der Waals surface area contributed by atoms with E-state index in [1.165, 1.54) is 53.7 Å². The van der Waals surface area contributed by atoms with Crippen molar-refractivity contribution in [2.24, 2.45) is 0 Å². The van der Waals surface area contributed by atoms with Crippen molar-refractivity contribution >= 4 is 40.6 Å². The topological polar surface area (TPSA) is 102 Å². The molecule has 0 saturated heterocycles. The molecule has 0 spiro atoms. The minimum Gasteiger partial charge on any atom is -0.482 e. The molecule has 1 saturated carbocycles. The number of non-ortho nitro benzene ring substituents is 1. The van der Waals surface area contributed by atoms with Gasteiger partial charge in [0, 0.05) is 28.0 Å². The number of nitrogens with one attached hydrogen (secondary N) is 1. The van der Waals surface area contributed by atoms with Crippen molar-refractivity contribution in [1.29, 1.82) is 0 Å². The summed E-state index contributed by atoms with van der Waals surface area (Å²) in [7, 11) is 0. The van der Waals surface area contributed by atoms with Gasteiger partial charge in [0.2, 0.25) is 5.91 Å². The van der Waals surface area contributed by atoms with Crippen molar-refractivity contribution in [3.8, 4) is 5.75 Å². The fourth-order valence-corrected chi connectivity index (χ4v) is 4.88. The summed E-state index contributed by atoms with van der Waals surface area (Å²) in [5, 5.41) is 14.5. The smallest absolute Gasteiger partial charge is 0.271 e. The summed E-state index contributed by atoms with van der Waals surface area (Å²) in [6, 6.07) is 11.6. The number of carbonyl (C=O) groups excluding carboxylic acids is 2. The highest BCUT2D eigenvalue weighted by Gasteiger charge is 2.29. The summed E-state index contributed by atoms with van der Waals surface area (Å²) < 4.78 is 5.32. The molecule has 0 bridgehead atoms. The Morgan fingerprint density at radius 2 is 1.93 bits per heavy atom. The predicted octanol–water partition coefficient (Wildman–Crippen LogP) is 3.99. The van der Waals surface area contributed by atoms with E-state index in [1.807, 2.05) is 36.0 Å². The standard InChI is InChI=1S/C21H21N3O5S/c25-20(22-14-5-8-17(9-6-14)30-16-3-1-2-4-16)12-23-18-11-15(24(27)28)7-10-19(18)29-13-21(23)26/h5-11,16H,1-4,12-13H2,(H,22,25). The molecule has 0 unspecified atom stereocenters. The van der Waals surface area contributed by atoms with Gasteiger partial charge in [-0.2, -0.15) is 0 Å². The number of rotatable bonds is 6. The van der Waals surface area contributed by atoms with E-state index in [2.05, 4.69) is 5.32 Å². The van der Waals surface area contributed by atoms with E-state index in [4.69, 9.17) is 4.74 Å².